The van der Waals surface area contributed by atoms with Crippen molar-refractivity contribution in [3.8, 4) is 5.88 Å². The molecule has 0 unspecified atom stereocenters. The van der Waals surface area contributed by atoms with Crippen molar-refractivity contribution in [2.75, 3.05) is 26.7 Å². The first kappa shape index (κ1) is 25.2. The van der Waals surface area contributed by atoms with Crippen molar-refractivity contribution in [1.29, 1.82) is 0 Å². The van der Waals surface area contributed by atoms with E-state index in [1.807, 2.05) is 18.9 Å². The molecule has 0 radical (unpaired) electrons. The molecule has 0 aromatic carbocycles. The van der Waals surface area contributed by atoms with Gasteiger partial charge in [-0.15, -0.1) is 24.0 Å². The van der Waals surface area contributed by atoms with Crippen molar-refractivity contribution in [2.24, 2.45) is 12.0 Å². The topological polar surface area (TPSA) is 80.5 Å². The standard InChI is InChI=1S/C16H21ClF3N7O.HI/c1-4-21-15(26(2)9-13-24-10-25-27(13)3)22-5-6-28-14-12(17)7-11(8-23-14)16(18,19)20;/h7-8,10H,4-6,9H2,1-3H3,(H,21,22);1H. The molecule has 8 nitrogen and oxygen atoms in total. The molecule has 0 aliphatic carbocycles. The predicted molar refractivity (Wildman–Crippen MR) is 114 cm³/mol. The van der Waals surface area contributed by atoms with E-state index in [1.54, 1.807) is 11.7 Å². The number of aromatic nitrogens is 4. The molecule has 0 aliphatic heterocycles. The fraction of sp³-hybridized carbons (Fsp3) is 0.500. The molecule has 0 aliphatic rings. The first-order valence-corrected chi connectivity index (χ1v) is 8.78. The fourth-order valence-corrected chi connectivity index (χ4v) is 2.42. The largest absolute Gasteiger partial charge is 0.475 e. The summed E-state index contributed by atoms with van der Waals surface area (Å²) in [5, 5.41) is 6.96. The van der Waals surface area contributed by atoms with Gasteiger partial charge in [-0.3, -0.25) is 4.68 Å². The molecule has 13 heteroatoms. The summed E-state index contributed by atoms with van der Waals surface area (Å²) in [4.78, 5) is 14.1. The smallest absolute Gasteiger partial charge is 0.417 e. The Balaban J connectivity index is 0.00000420. The van der Waals surface area contributed by atoms with Crippen molar-refractivity contribution in [3.05, 3.63) is 35.0 Å². The molecule has 29 heavy (non-hydrogen) atoms. The lowest BCUT2D eigenvalue weighted by Crippen LogP contribution is -2.39. The van der Waals surface area contributed by atoms with Gasteiger partial charge in [0.05, 0.1) is 18.7 Å². The Kier molecular flexibility index (Phi) is 9.89. The summed E-state index contributed by atoms with van der Waals surface area (Å²) in [5.41, 5.74) is -0.928. The lowest BCUT2D eigenvalue weighted by atomic mass is 10.3. The highest BCUT2D eigenvalue weighted by atomic mass is 127. The second kappa shape index (κ2) is 11.4. The number of halogens is 5. The molecule has 2 aromatic heterocycles. The Morgan fingerprint density at radius 3 is 2.66 bits per heavy atom. The van der Waals surface area contributed by atoms with Gasteiger partial charge >= 0.3 is 6.18 Å². The molecular weight excluding hydrogens is 526 g/mol. The summed E-state index contributed by atoms with van der Waals surface area (Å²) in [6.07, 6.45) is -2.35. The van der Waals surface area contributed by atoms with Crippen LogP contribution in [0.2, 0.25) is 5.02 Å². The predicted octanol–water partition coefficient (Wildman–Crippen LogP) is 2.98. The van der Waals surface area contributed by atoms with Crippen LogP contribution >= 0.6 is 35.6 Å². The Morgan fingerprint density at radius 2 is 2.10 bits per heavy atom. The van der Waals surface area contributed by atoms with E-state index in [-0.39, 0.29) is 48.0 Å². The van der Waals surface area contributed by atoms with Gasteiger partial charge in [0.2, 0.25) is 5.88 Å². The third kappa shape index (κ3) is 7.49. The molecule has 0 atom stereocenters. The highest BCUT2D eigenvalue weighted by molar-refractivity contribution is 14.0. The van der Waals surface area contributed by atoms with Gasteiger partial charge in [0, 0.05) is 26.8 Å². The molecule has 162 valence electrons. The van der Waals surface area contributed by atoms with Crippen LogP contribution in [0.5, 0.6) is 5.88 Å². The monoisotopic (exact) mass is 547 g/mol. The summed E-state index contributed by atoms with van der Waals surface area (Å²) in [6.45, 7) is 3.45. The number of nitrogens with zero attached hydrogens (tertiary/aromatic N) is 6. The van der Waals surface area contributed by atoms with Crippen molar-refractivity contribution in [3.63, 3.8) is 0 Å². The minimum absolute atomic E-state index is 0. The van der Waals surface area contributed by atoms with Gasteiger partial charge in [-0.05, 0) is 13.0 Å². The van der Waals surface area contributed by atoms with E-state index in [2.05, 4.69) is 25.4 Å². The maximum atomic E-state index is 12.6. The van der Waals surface area contributed by atoms with Gasteiger partial charge in [-0.2, -0.15) is 18.3 Å². The van der Waals surface area contributed by atoms with Crippen LogP contribution in [0, 0.1) is 0 Å². The quantitative estimate of drug-likeness (QED) is 0.249. The maximum absolute atomic E-state index is 12.6. The first-order valence-electron chi connectivity index (χ1n) is 8.40. The van der Waals surface area contributed by atoms with Crippen molar-refractivity contribution in [2.45, 2.75) is 19.6 Å². The van der Waals surface area contributed by atoms with Gasteiger partial charge in [-0.1, -0.05) is 11.6 Å². The minimum atomic E-state index is -4.51. The van der Waals surface area contributed by atoms with Crippen LogP contribution in [0.25, 0.3) is 0 Å². The van der Waals surface area contributed by atoms with Crippen LogP contribution in [0.1, 0.15) is 18.3 Å². The van der Waals surface area contributed by atoms with E-state index < -0.39 is 11.7 Å². The van der Waals surface area contributed by atoms with E-state index in [0.29, 0.717) is 25.2 Å². The zero-order valence-electron chi connectivity index (χ0n) is 16.1. The van der Waals surface area contributed by atoms with Crippen LogP contribution in [-0.2, 0) is 19.8 Å². The molecule has 2 rings (SSSR count). The Hall–Kier alpha value is -1.83. The summed E-state index contributed by atoms with van der Waals surface area (Å²) >= 11 is 5.81. The molecule has 0 fully saturated rings. The van der Waals surface area contributed by atoms with Gasteiger partial charge in [0.1, 0.15) is 23.8 Å². The number of guanidine groups is 1. The van der Waals surface area contributed by atoms with Crippen molar-refractivity contribution < 1.29 is 17.9 Å². The SMILES string of the molecule is CCNC(=NCCOc1ncc(C(F)(F)F)cc1Cl)N(C)Cc1ncnn1C.I. The van der Waals surface area contributed by atoms with Gasteiger partial charge in [-0.25, -0.2) is 15.0 Å². The van der Waals surface area contributed by atoms with Crippen molar-refractivity contribution >= 4 is 41.5 Å². The molecule has 2 heterocycles. The van der Waals surface area contributed by atoms with Crippen LogP contribution < -0.4 is 10.1 Å². The number of pyridine rings is 1. The number of ether oxygens (including phenoxy) is 1. The molecule has 2 aromatic rings. The molecule has 0 bridgehead atoms. The number of nitrogens with one attached hydrogen (secondary N) is 1. The average Bonchev–Trinajstić information content (AvgIpc) is 3.02. The zero-order valence-corrected chi connectivity index (χ0v) is 19.2. The molecular formula is C16H22ClF3IN7O. The summed E-state index contributed by atoms with van der Waals surface area (Å²) in [7, 11) is 3.65. The van der Waals surface area contributed by atoms with E-state index in [0.717, 1.165) is 11.9 Å². The molecule has 0 amide bonds. The summed E-state index contributed by atoms with van der Waals surface area (Å²) < 4.78 is 44.9. The zero-order chi connectivity index (χ0) is 20.7. The van der Waals surface area contributed by atoms with Gasteiger partial charge in [0.15, 0.2) is 5.96 Å². The fourth-order valence-electron chi connectivity index (χ4n) is 2.20. The number of rotatable bonds is 7. The van der Waals surface area contributed by atoms with Crippen LogP contribution in [-0.4, -0.2) is 57.4 Å². The lowest BCUT2D eigenvalue weighted by molar-refractivity contribution is -0.137. The van der Waals surface area contributed by atoms with E-state index >= 15 is 0 Å². The third-order valence-corrected chi connectivity index (χ3v) is 3.88. The second-order valence-corrected chi connectivity index (χ2v) is 6.16. The third-order valence-electron chi connectivity index (χ3n) is 3.61. The maximum Gasteiger partial charge on any atom is 0.417 e. The Labute approximate surface area is 188 Å². The van der Waals surface area contributed by atoms with Crippen LogP contribution in [0.3, 0.4) is 0 Å². The number of alkyl halides is 3. The van der Waals surface area contributed by atoms with Crippen LogP contribution in [0.15, 0.2) is 23.6 Å². The van der Waals surface area contributed by atoms with Crippen LogP contribution in [0.4, 0.5) is 13.2 Å². The molecule has 1 N–H and O–H groups in total. The number of hydrogen-bond acceptors (Lipinski definition) is 5. The van der Waals surface area contributed by atoms with Crippen molar-refractivity contribution in [1.82, 2.24) is 30.0 Å². The second-order valence-electron chi connectivity index (χ2n) is 5.75. The van der Waals surface area contributed by atoms with Gasteiger partial charge < -0.3 is 15.0 Å². The Morgan fingerprint density at radius 1 is 1.38 bits per heavy atom. The average molecular weight is 548 g/mol. The number of aliphatic imine (C=N–C) groups is 1. The molecule has 0 spiro atoms. The molecule has 0 saturated carbocycles. The Bertz CT molecular complexity index is 816. The summed E-state index contributed by atoms with van der Waals surface area (Å²) in [6, 6.07) is 0.784. The molecule has 0 saturated heterocycles. The lowest BCUT2D eigenvalue weighted by Gasteiger charge is -2.21. The number of hydrogen-bond donors (Lipinski definition) is 1. The normalized spacial score (nSPS) is 11.8. The van der Waals surface area contributed by atoms with Gasteiger partial charge in [0.25, 0.3) is 0 Å². The van der Waals surface area contributed by atoms with E-state index in [1.165, 1.54) is 6.33 Å². The summed E-state index contributed by atoms with van der Waals surface area (Å²) in [5.74, 6) is 1.33. The van der Waals surface area contributed by atoms with E-state index in [9.17, 15) is 13.2 Å². The first-order chi connectivity index (χ1) is 13.2. The highest BCUT2D eigenvalue weighted by Crippen LogP contribution is 2.32. The minimum Gasteiger partial charge on any atom is -0.475 e. The van der Waals surface area contributed by atoms with E-state index in [4.69, 9.17) is 16.3 Å². The highest BCUT2D eigenvalue weighted by Gasteiger charge is 2.31. The number of aryl methyl sites for hydroxylation is 1.